The molecule has 0 atom stereocenters. The van der Waals surface area contributed by atoms with Crippen LogP contribution in [0.3, 0.4) is 0 Å². The Morgan fingerprint density at radius 3 is 2.40 bits per heavy atom. The minimum absolute atomic E-state index is 0.228. The van der Waals surface area contributed by atoms with Gasteiger partial charge < -0.3 is 15.4 Å². The number of nitrogens with two attached hydrogens (primary N) is 1. The number of nitrogens with zero attached hydrogens (tertiary/aromatic N) is 1. The molecule has 0 aliphatic carbocycles. The smallest absolute Gasteiger partial charge is 0.123 e. The molecule has 20 heavy (non-hydrogen) atoms. The van der Waals surface area contributed by atoms with Gasteiger partial charge >= 0.3 is 0 Å². The third-order valence-electron chi connectivity index (χ3n) is 3.29. The van der Waals surface area contributed by atoms with Crippen LogP contribution in [0.1, 0.15) is 12.5 Å². The zero-order valence-corrected chi connectivity index (χ0v) is 11.8. The van der Waals surface area contributed by atoms with Crippen molar-refractivity contribution >= 4 is 11.4 Å². The second-order valence-corrected chi connectivity index (χ2v) is 4.56. The van der Waals surface area contributed by atoms with Crippen molar-refractivity contribution in [1.82, 2.24) is 0 Å². The zero-order valence-electron chi connectivity index (χ0n) is 11.8. The Labute approximate surface area is 118 Å². The van der Waals surface area contributed by atoms with Gasteiger partial charge in [-0.1, -0.05) is 6.07 Å². The maximum atomic E-state index is 13.0. The Bertz CT molecular complexity index is 569. The van der Waals surface area contributed by atoms with Crippen molar-refractivity contribution in [1.29, 1.82) is 0 Å². The van der Waals surface area contributed by atoms with Crippen molar-refractivity contribution in [3.05, 3.63) is 53.8 Å². The minimum Gasteiger partial charge on any atom is -0.497 e. The molecule has 0 heterocycles. The first kappa shape index (κ1) is 14.2. The summed E-state index contributed by atoms with van der Waals surface area (Å²) >= 11 is 0. The van der Waals surface area contributed by atoms with Crippen molar-refractivity contribution in [3.8, 4) is 5.75 Å². The summed E-state index contributed by atoms with van der Waals surface area (Å²) < 4.78 is 18.1. The van der Waals surface area contributed by atoms with E-state index in [1.807, 2.05) is 18.2 Å². The molecule has 2 rings (SSSR count). The van der Waals surface area contributed by atoms with Crippen molar-refractivity contribution in [2.24, 2.45) is 0 Å². The highest BCUT2D eigenvalue weighted by molar-refractivity contribution is 5.54. The topological polar surface area (TPSA) is 38.5 Å². The predicted octanol–water partition coefficient (Wildman–Crippen LogP) is 3.44. The standard InChI is InChI=1S/C16H19FN2O/c1-3-19(14-7-5-13(17)6-8-14)11-12-4-9-15(20-2)10-16(12)18/h4-10H,3,11,18H2,1-2H3. The van der Waals surface area contributed by atoms with Crippen LogP contribution >= 0.6 is 0 Å². The van der Waals surface area contributed by atoms with Crippen LogP contribution < -0.4 is 15.4 Å². The normalized spacial score (nSPS) is 10.3. The van der Waals surface area contributed by atoms with Crippen molar-refractivity contribution in [2.45, 2.75) is 13.5 Å². The number of rotatable bonds is 5. The van der Waals surface area contributed by atoms with Crippen LogP contribution in [0.2, 0.25) is 0 Å². The molecule has 0 saturated carbocycles. The van der Waals surface area contributed by atoms with Gasteiger partial charge in [-0.3, -0.25) is 0 Å². The van der Waals surface area contributed by atoms with Gasteiger partial charge in [0, 0.05) is 30.5 Å². The van der Waals surface area contributed by atoms with Gasteiger partial charge in [-0.05, 0) is 42.8 Å². The molecule has 3 nitrogen and oxygen atoms in total. The molecule has 0 bridgehead atoms. The first-order valence-electron chi connectivity index (χ1n) is 6.57. The number of hydrogen-bond acceptors (Lipinski definition) is 3. The van der Waals surface area contributed by atoms with Gasteiger partial charge in [-0.15, -0.1) is 0 Å². The summed E-state index contributed by atoms with van der Waals surface area (Å²) in [6.07, 6.45) is 0. The van der Waals surface area contributed by atoms with Crippen LogP contribution in [-0.4, -0.2) is 13.7 Å². The summed E-state index contributed by atoms with van der Waals surface area (Å²) in [7, 11) is 1.62. The maximum absolute atomic E-state index is 13.0. The van der Waals surface area contributed by atoms with Gasteiger partial charge in [-0.2, -0.15) is 0 Å². The Morgan fingerprint density at radius 1 is 1.15 bits per heavy atom. The van der Waals surface area contributed by atoms with Gasteiger partial charge in [-0.25, -0.2) is 4.39 Å². The lowest BCUT2D eigenvalue weighted by molar-refractivity contribution is 0.415. The quantitative estimate of drug-likeness (QED) is 0.849. The molecule has 0 unspecified atom stereocenters. The lowest BCUT2D eigenvalue weighted by Gasteiger charge is -2.24. The number of nitrogen functional groups attached to an aromatic ring is 1. The van der Waals surface area contributed by atoms with E-state index in [0.29, 0.717) is 12.2 Å². The molecule has 2 aromatic carbocycles. The molecular formula is C16H19FN2O. The molecule has 0 amide bonds. The number of benzene rings is 2. The van der Waals surface area contributed by atoms with Crippen LogP contribution in [0.15, 0.2) is 42.5 Å². The summed E-state index contributed by atoms with van der Waals surface area (Å²) in [5.41, 5.74) is 8.74. The molecule has 0 fully saturated rings. The molecule has 0 radical (unpaired) electrons. The average molecular weight is 274 g/mol. The van der Waals surface area contributed by atoms with E-state index < -0.39 is 0 Å². The largest absolute Gasteiger partial charge is 0.497 e. The Morgan fingerprint density at radius 2 is 1.85 bits per heavy atom. The van der Waals surface area contributed by atoms with E-state index in [9.17, 15) is 4.39 Å². The fourth-order valence-electron chi connectivity index (χ4n) is 2.09. The van der Waals surface area contributed by atoms with E-state index in [4.69, 9.17) is 10.5 Å². The molecule has 2 aromatic rings. The van der Waals surface area contributed by atoms with Crippen molar-refractivity contribution < 1.29 is 9.13 Å². The van der Waals surface area contributed by atoms with Gasteiger partial charge in [0.15, 0.2) is 0 Å². The van der Waals surface area contributed by atoms with Crippen LogP contribution in [-0.2, 0) is 6.54 Å². The van der Waals surface area contributed by atoms with E-state index in [2.05, 4.69) is 11.8 Å². The highest BCUT2D eigenvalue weighted by Crippen LogP contribution is 2.23. The van der Waals surface area contributed by atoms with Gasteiger partial charge in [0.05, 0.1) is 7.11 Å². The SMILES string of the molecule is CCN(Cc1ccc(OC)cc1N)c1ccc(F)cc1. The van der Waals surface area contributed by atoms with Gasteiger partial charge in [0.2, 0.25) is 0 Å². The molecule has 0 aliphatic heterocycles. The van der Waals surface area contributed by atoms with Crippen molar-refractivity contribution in [3.63, 3.8) is 0 Å². The van der Waals surface area contributed by atoms with Crippen LogP contribution in [0.4, 0.5) is 15.8 Å². The highest BCUT2D eigenvalue weighted by atomic mass is 19.1. The number of ether oxygens (including phenoxy) is 1. The molecular weight excluding hydrogens is 255 g/mol. The number of halogens is 1. The molecule has 4 heteroatoms. The Balaban J connectivity index is 2.20. The van der Waals surface area contributed by atoms with E-state index in [1.165, 1.54) is 12.1 Å². The molecule has 0 aromatic heterocycles. The van der Waals surface area contributed by atoms with Crippen LogP contribution in [0, 0.1) is 5.82 Å². The average Bonchev–Trinajstić information content (AvgIpc) is 2.47. The van der Waals surface area contributed by atoms with Crippen LogP contribution in [0.5, 0.6) is 5.75 Å². The molecule has 0 spiro atoms. The zero-order chi connectivity index (χ0) is 14.5. The van der Waals surface area contributed by atoms with Crippen molar-refractivity contribution in [2.75, 3.05) is 24.3 Å². The molecule has 0 saturated heterocycles. The highest BCUT2D eigenvalue weighted by Gasteiger charge is 2.08. The number of methoxy groups -OCH3 is 1. The monoisotopic (exact) mass is 274 g/mol. The number of hydrogen-bond donors (Lipinski definition) is 1. The Hall–Kier alpha value is -2.23. The summed E-state index contributed by atoms with van der Waals surface area (Å²) in [4.78, 5) is 2.14. The van der Waals surface area contributed by atoms with E-state index >= 15 is 0 Å². The fourth-order valence-corrected chi connectivity index (χ4v) is 2.09. The van der Waals surface area contributed by atoms with E-state index in [1.54, 1.807) is 19.2 Å². The first-order chi connectivity index (χ1) is 9.63. The molecule has 2 N–H and O–H groups in total. The summed E-state index contributed by atoms with van der Waals surface area (Å²) in [6.45, 7) is 3.55. The molecule has 0 aliphatic rings. The van der Waals surface area contributed by atoms with Gasteiger partial charge in [0.25, 0.3) is 0 Å². The number of anilines is 2. The first-order valence-corrected chi connectivity index (χ1v) is 6.57. The summed E-state index contributed by atoms with van der Waals surface area (Å²) in [5.74, 6) is 0.518. The van der Waals surface area contributed by atoms with E-state index in [-0.39, 0.29) is 5.82 Å². The second-order valence-electron chi connectivity index (χ2n) is 4.56. The third-order valence-corrected chi connectivity index (χ3v) is 3.29. The summed E-state index contributed by atoms with van der Waals surface area (Å²) in [5, 5.41) is 0. The minimum atomic E-state index is -0.228. The lowest BCUT2D eigenvalue weighted by Crippen LogP contribution is -2.22. The van der Waals surface area contributed by atoms with Crippen LogP contribution in [0.25, 0.3) is 0 Å². The third kappa shape index (κ3) is 3.20. The molecule has 106 valence electrons. The summed E-state index contributed by atoms with van der Waals surface area (Å²) in [6, 6.07) is 12.2. The Kier molecular flexibility index (Phi) is 4.45. The maximum Gasteiger partial charge on any atom is 0.123 e. The van der Waals surface area contributed by atoms with Gasteiger partial charge in [0.1, 0.15) is 11.6 Å². The van der Waals surface area contributed by atoms with E-state index in [0.717, 1.165) is 23.5 Å². The second kappa shape index (κ2) is 6.28. The fraction of sp³-hybridized carbons (Fsp3) is 0.250. The predicted molar refractivity (Wildman–Crippen MR) is 80.5 cm³/mol. The lowest BCUT2D eigenvalue weighted by atomic mass is 10.1.